The van der Waals surface area contributed by atoms with Gasteiger partial charge >= 0.3 is 11.4 Å². The Labute approximate surface area is 627 Å². The largest absolute Gasteiger partial charge is 0.399 e. The second-order valence-corrected chi connectivity index (χ2v) is 33.4. The van der Waals surface area contributed by atoms with Crippen LogP contribution < -0.4 is 34.4 Å². The molecule has 14 aliphatic carbocycles. The number of benzene rings is 7. The number of anilines is 6. The van der Waals surface area contributed by atoms with Gasteiger partial charge in [-0.2, -0.15) is 0 Å². The van der Waals surface area contributed by atoms with E-state index < -0.39 is 19.7 Å². The van der Waals surface area contributed by atoms with Crippen LogP contribution in [0.2, 0.25) is 0 Å². The topological polar surface area (TPSA) is 415 Å². The summed E-state index contributed by atoms with van der Waals surface area (Å²) in [6.45, 7) is 0. The highest BCUT2D eigenvalue weighted by atomic mass is 16.7. The van der Waals surface area contributed by atoms with Crippen molar-refractivity contribution in [1.29, 1.82) is 0 Å². The van der Waals surface area contributed by atoms with E-state index in [0.717, 1.165) is 150 Å². The monoisotopic (exact) mass is 1470 g/mol. The molecule has 14 atom stereocenters. The van der Waals surface area contributed by atoms with Gasteiger partial charge in [-0.15, -0.1) is 0 Å². The molecule has 0 spiro atoms. The smallest absolute Gasteiger partial charge is 0.346 e. The lowest BCUT2D eigenvalue weighted by molar-refractivity contribution is -0.422. The van der Waals surface area contributed by atoms with E-state index >= 15 is 0 Å². The SMILES string of the molecule is Nc1cc(N)c2c(c1)C1CCCC2C1.Nc1cc2c(cc1N)C1CCCC2C1.Nc1cc2c(cc1[N+](=O)[O-])C1CCCC2C1.Nc1ccc2c(c1)C1CCCC2C1.O=[N+]([O-])c1cc2c(c([N+](=O)[O-])c1)C1CCCC2C1.O=[N+]([O-])c1cc2c(cc1[N+](=O)[O-])C1CCCC2C1.O=[N+]([O-])c1ccc2c(c1)C1CCCC2C1. The van der Waals surface area contributed by atoms with Gasteiger partial charge in [0.2, 0.25) is 0 Å². The number of rotatable bonds is 6. The van der Waals surface area contributed by atoms with Crippen LogP contribution in [-0.4, -0.2) is 29.5 Å². The van der Waals surface area contributed by atoms with Crippen molar-refractivity contribution in [2.45, 2.75) is 263 Å². The zero-order valence-corrected chi connectivity index (χ0v) is 61.2. The number of nitro benzene ring substituents is 6. The van der Waals surface area contributed by atoms with Gasteiger partial charge in [0.1, 0.15) is 5.69 Å². The fraction of sp³-hybridized carbons (Fsp3) is 0.500. The Morgan fingerprint density at radius 1 is 0.222 bits per heavy atom. The molecule has 7 saturated carbocycles. The third kappa shape index (κ3) is 14.2. The molecule has 24 nitrogen and oxygen atoms in total. The third-order valence-corrected chi connectivity index (χ3v) is 27.3. The van der Waals surface area contributed by atoms with Crippen molar-refractivity contribution >= 4 is 68.2 Å². The van der Waals surface area contributed by atoms with Gasteiger partial charge in [-0.25, -0.2) is 0 Å². The summed E-state index contributed by atoms with van der Waals surface area (Å²) < 4.78 is 0. The number of hydrogen-bond acceptors (Lipinski definition) is 18. The van der Waals surface area contributed by atoms with Crippen LogP contribution >= 0.6 is 0 Å². The standard InChI is InChI=1S/2C12H12N2O4.C12H14N2O2.2C12H16N2.C12H13NO2.C12H15N/c15-13(16)11-5-9-7-2-1-3-8(4-7)10(9)6-12(11)14(17)18;15-13(16)9-5-10-7-2-1-3-8(4-7)12(10)11(6-9)14(17)18;13-11-5-9-7-2-1-3-8(4-7)10(9)6-12(11)14(15)16;13-11-5-9-7-2-1-3-8(4-7)10(9)6-12(11)14;13-9-5-10-7-2-1-3-8(4-7)12(10)11(14)6-9;14-13(15)10-4-5-11-8-2-1-3-9(6-8)12(11)7-10;13-10-4-5-11-8-2-1-3-9(6-8)12(11)7-10/h2*5-8H,1-4H2;5-8H,1-4,13H2;2*5-8H,1-4,13-14H2;4-5,7-9H,1-3,6H2;4-5,7-9H,1-3,6,13H2. The molecule has 21 rings (SSSR count). The lowest BCUT2D eigenvalue weighted by atomic mass is 9.87. The molecule has 0 aliphatic heterocycles. The Kier molecular flexibility index (Phi) is 20.4. The molecule has 14 unspecified atom stereocenters. The zero-order chi connectivity index (χ0) is 75.7. The molecule has 7 aromatic carbocycles. The van der Waals surface area contributed by atoms with E-state index in [9.17, 15) is 60.7 Å². The van der Waals surface area contributed by atoms with Crippen molar-refractivity contribution in [1.82, 2.24) is 0 Å². The predicted octanol–water partition coefficient (Wildman–Crippen LogP) is 21.0. The first-order valence-electron chi connectivity index (χ1n) is 39.5. The Hall–Kier alpha value is -10.3. The highest BCUT2D eigenvalue weighted by Crippen LogP contribution is 2.59. The summed E-state index contributed by atoms with van der Waals surface area (Å²) in [6.07, 6.45) is 34.1. The van der Waals surface area contributed by atoms with E-state index in [2.05, 4.69) is 36.4 Å². The fourth-order valence-corrected chi connectivity index (χ4v) is 22.7. The normalized spacial score (nSPS) is 27.1. The molecule has 0 aromatic heterocycles. The molecule has 7 aromatic rings. The summed E-state index contributed by atoms with van der Waals surface area (Å²) in [5.41, 5.74) is 56.6. The fourth-order valence-electron chi connectivity index (χ4n) is 22.7. The second-order valence-electron chi connectivity index (χ2n) is 33.4. The average molecular weight is 1470 g/mol. The first-order valence-corrected chi connectivity index (χ1v) is 39.5. The summed E-state index contributed by atoms with van der Waals surface area (Å²) in [7, 11) is 0. The van der Waals surface area contributed by atoms with Crippen LogP contribution in [0.1, 0.15) is 341 Å². The minimum absolute atomic E-state index is 0.0615. The van der Waals surface area contributed by atoms with Crippen LogP contribution in [-0.2, 0) is 0 Å². The van der Waals surface area contributed by atoms with Crippen molar-refractivity contribution < 1.29 is 29.5 Å². The predicted molar refractivity (Wildman–Crippen MR) is 419 cm³/mol. The molecular formula is C84H98N12O12. The van der Waals surface area contributed by atoms with E-state index in [1.165, 1.54) is 185 Å². The van der Waals surface area contributed by atoms with Crippen molar-refractivity contribution in [3.8, 4) is 0 Å². The van der Waals surface area contributed by atoms with Gasteiger partial charge in [-0.1, -0.05) is 57.1 Å². The average Bonchev–Trinajstić information content (AvgIpc) is 1.68. The maximum absolute atomic E-state index is 11.1. The highest BCUT2D eigenvalue weighted by molar-refractivity contribution is 5.69. The molecular weight excluding hydrogens is 1370 g/mol. The molecule has 0 radical (unpaired) electrons. The van der Waals surface area contributed by atoms with Crippen molar-refractivity contribution in [3.63, 3.8) is 0 Å². The quantitative estimate of drug-likeness (QED) is 0.0511. The number of nitro groups is 6. The summed E-state index contributed by atoms with van der Waals surface area (Å²) in [5.74, 6) is 8.32. The first kappa shape index (κ1) is 73.3. The minimum Gasteiger partial charge on any atom is -0.399 e. The number of nitrogens with two attached hydrogens (primary N) is 6. The number of nitrogen functional groups attached to an aromatic ring is 6. The lowest BCUT2D eigenvalue weighted by Crippen LogP contribution is -2.02. The third-order valence-electron chi connectivity index (χ3n) is 27.3. The molecule has 0 amide bonds. The summed E-state index contributed by atoms with van der Waals surface area (Å²) >= 11 is 0. The molecule has 0 saturated heterocycles. The van der Waals surface area contributed by atoms with E-state index in [1.807, 2.05) is 18.2 Å². The van der Waals surface area contributed by atoms with Gasteiger partial charge in [0, 0.05) is 59.0 Å². The van der Waals surface area contributed by atoms with Gasteiger partial charge < -0.3 is 34.4 Å². The molecule has 566 valence electrons. The number of non-ortho nitro benzene ring substituents is 2. The molecule has 7 fully saturated rings. The van der Waals surface area contributed by atoms with Crippen LogP contribution in [0, 0.1) is 60.7 Å². The van der Waals surface area contributed by atoms with Gasteiger partial charge in [-0.3, -0.25) is 60.7 Å². The molecule has 108 heavy (non-hydrogen) atoms. The van der Waals surface area contributed by atoms with E-state index in [4.69, 9.17) is 34.4 Å². The zero-order valence-electron chi connectivity index (χ0n) is 61.2. The Morgan fingerprint density at radius 3 is 0.907 bits per heavy atom. The molecule has 24 heteroatoms. The van der Waals surface area contributed by atoms with Gasteiger partial charge in [0.15, 0.2) is 0 Å². The molecule has 14 aliphatic rings. The van der Waals surface area contributed by atoms with Gasteiger partial charge in [0.05, 0.1) is 47.0 Å². The van der Waals surface area contributed by atoms with Crippen LogP contribution in [0.25, 0.3) is 0 Å². The molecule has 0 heterocycles. The molecule has 12 N–H and O–H groups in total. The van der Waals surface area contributed by atoms with E-state index in [-0.39, 0.29) is 55.8 Å². The maximum atomic E-state index is 11.1. The van der Waals surface area contributed by atoms with Gasteiger partial charge in [0.25, 0.3) is 22.7 Å². The van der Waals surface area contributed by atoms with Crippen molar-refractivity contribution in [3.05, 3.63) is 236 Å². The Morgan fingerprint density at radius 2 is 0.509 bits per heavy atom. The van der Waals surface area contributed by atoms with E-state index in [0.29, 0.717) is 41.2 Å². The second kappa shape index (κ2) is 30.1. The minimum atomic E-state index is -0.652. The summed E-state index contributed by atoms with van der Waals surface area (Å²) in [5, 5.41) is 65.3. The van der Waals surface area contributed by atoms with Crippen LogP contribution in [0.3, 0.4) is 0 Å². The maximum Gasteiger partial charge on any atom is 0.346 e. The van der Waals surface area contributed by atoms with Gasteiger partial charge in [-0.05, 0) is 332 Å². The summed E-state index contributed by atoms with van der Waals surface area (Å²) in [4.78, 5) is 62.3. The Balaban J connectivity index is 0.000000101. The first-order chi connectivity index (χ1) is 51.9. The van der Waals surface area contributed by atoms with Crippen molar-refractivity contribution in [2.24, 2.45) is 0 Å². The lowest BCUT2D eigenvalue weighted by Gasteiger charge is -2.18. The van der Waals surface area contributed by atoms with Crippen LogP contribution in [0.5, 0.6) is 0 Å². The highest BCUT2D eigenvalue weighted by Gasteiger charge is 2.44. The number of nitrogens with zero attached hydrogens (tertiary/aromatic N) is 6. The number of hydrogen-bond donors (Lipinski definition) is 6. The Bertz CT molecular complexity index is 4690. The molecule has 14 bridgehead atoms. The summed E-state index contributed by atoms with van der Waals surface area (Å²) in [6, 6.07) is 29.3. The van der Waals surface area contributed by atoms with Crippen LogP contribution in [0.15, 0.2) is 97.1 Å². The van der Waals surface area contributed by atoms with E-state index in [1.54, 1.807) is 29.3 Å². The van der Waals surface area contributed by atoms with Crippen LogP contribution in [0.4, 0.5) is 68.2 Å². The number of fused-ring (bicyclic) bond motifs is 35. The van der Waals surface area contributed by atoms with Crippen molar-refractivity contribution in [2.75, 3.05) is 34.4 Å².